The SMILES string of the molecule is CC(O)CC(C)Oc1ccccc1-c1ccccc1. The number of para-hydroxylation sites is 1. The highest BCUT2D eigenvalue weighted by Gasteiger charge is 2.11. The molecule has 2 heteroatoms. The summed E-state index contributed by atoms with van der Waals surface area (Å²) in [6, 6.07) is 18.2. The smallest absolute Gasteiger partial charge is 0.127 e. The Morgan fingerprint density at radius 1 is 0.947 bits per heavy atom. The minimum Gasteiger partial charge on any atom is -0.490 e. The van der Waals surface area contributed by atoms with Gasteiger partial charge in [0.2, 0.25) is 0 Å². The van der Waals surface area contributed by atoms with Gasteiger partial charge < -0.3 is 9.84 Å². The lowest BCUT2D eigenvalue weighted by molar-refractivity contribution is 0.116. The number of aliphatic hydroxyl groups excluding tert-OH is 1. The van der Waals surface area contributed by atoms with E-state index in [0.29, 0.717) is 6.42 Å². The average molecular weight is 256 g/mol. The van der Waals surface area contributed by atoms with E-state index in [0.717, 1.165) is 16.9 Å². The van der Waals surface area contributed by atoms with Gasteiger partial charge >= 0.3 is 0 Å². The molecule has 2 atom stereocenters. The molecule has 0 amide bonds. The molecule has 2 unspecified atom stereocenters. The number of ether oxygens (including phenoxy) is 1. The predicted octanol–water partition coefficient (Wildman–Crippen LogP) is 3.89. The summed E-state index contributed by atoms with van der Waals surface area (Å²) >= 11 is 0. The molecule has 0 aliphatic rings. The molecule has 2 nitrogen and oxygen atoms in total. The summed E-state index contributed by atoms with van der Waals surface area (Å²) in [6.45, 7) is 3.76. The molecule has 0 saturated heterocycles. The number of aliphatic hydroxyl groups is 1. The van der Waals surface area contributed by atoms with Crippen LogP contribution in [-0.4, -0.2) is 17.3 Å². The normalized spacial score (nSPS) is 13.8. The number of benzene rings is 2. The van der Waals surface area contributed by atoms with Crippen molar-refractivity contribution in [1.29, 1.82) is 0 Å². The van der Waals surface area contributed by atoms with E-state index >= 15 is 0 Å². The maximum atomic E-state index is 9.41. The third-order valence-corrected chi connectivity index (χ3v) is 2.97. The van der Waals surface area contributed by atoms with Crippen molar-refractivity contribution < 1.29 is 9.84 Å². The number of rotatable bonds is 5. The van der Waals surface area contributed by atoms with Crippen molar-refractivity contribution in [1.82, 2.24) is 0 Å². The Kier molecular flexibility index (Phi) is 4.58. The molecule has 2 aromatic rings. The van der Waals surface area contributed by atoms with Crippen molar-refractivity contribution in [3.63, 3.8) is 0 Å². The highest BCUT2D eigenvalue weighted by atomic mass is 16.5. The summed E-state index contributed by atoms with van der Waals surface area (Å²) in [5.41, 5.74) is 2.22. The van der Waals surface area contributed by atoms with E-state index in [2.05, 4.69) is 18.2 Å². The molecular formula is C17H20O2. The van der Waals surface area contributed by atoms with Gasteiger partial charge in [0.15, 0.2) is 0 Å². The predicted molar refractivity (Wildman–Crippen MR) is 78.3 cm³/mol. The second-order valence-electron chi connectivity index (χ2n) is 4.88. The van der Waals surface area contributed by atoms with E-state index in [-0.39, 0.29) is 12.2 Å². The van der Waals surface area contributed by atoms with Crippen LogP contribution in [0, 0.1) is 0 Å². The molecule has 100 valence electrons. The van der Waals surface area contributed by atoms with Crippen LogP contribution in [0.2, 0.25) is 0 Å². The van der Waals surface area contributed by atoms with Crippen molar-refractivity contribution >= 4 is 0 Å². The lowest BCUT2D eigenvalue weighted by atomic mass is 10.0. The largest absolute Gasteiger partial charge is 0.490 e. The molecule has 0 aliphatic heterocycles. The van der Waals surface area contributed by atoms with Gasteiger partial charge in [-0.25, -0.2) is 0 Å². The Hall–Kier alpha value is -1.80. The van der Waals surface area contributed by atoms with Crippen LogP contribution in [0.5, 0.6) is 5.75 Å². The van der Waals surface area contributed by atoms with Gasteiger partial charge in [-0.05, 0) is 25.5 Å². The van der Waals surface area contributed by atoms with Gasteiger partial charge in [0.05, 0.1) is 12.2 Å². The van der Waals surface area contributed by atoms with E-state index in [1.54, 1.807) is 6.92 Å². The Balaban J connectivity index is 2.22. The minimum atomic E-state index is -0.348. The lowest BCUT2D eigenvalue weighted by Gasteiger charge is -2.18. The van der Waals surface area contributed by atoms with Gasteiger partial charge in [0.1, 0.15) is 5.75 Å². The fourth-order valence-electron chi connectivity index (χ4n) is 2.17. The van der Waals surface area contributed by atoms with Gasteiger partial charge in [0.25, 0.3) is 0 Å². The van der Waals surface area contributed by atoms with Crippen LogP contribution in [0.1, 0.15) is 20.3 Å². The van der Waals surface area contributed by atoms with Crippen LogP contribution in [0.25, 0.3) is 11.1 Å². The summed E-state index contributed by atoms with van der Waals surface area (Å²) in [5, 5.41) is 9.41. The molecule has 0 spiro atoms. The zero-order valence-corrected chi connectivity index (χ0v) is 11.4. The fourth-order valence-corrected chi connectivity index (χ4v) is 2.17. The van der Waals surface area contributed by atoms with Crippen molar-refractivity contribution in [3.05, 3.63) is 54.6 Å². The molecule has 2 aromatic carbocycles. The first-order valence-electron chi connectivity index (χ1n) is 6.66. The number of hydrogen-bond acceptors (Lipinski definition) is 2. The minimum absolute atomic E-state index is 0.00939. The lowest BCUT2D eigenvalue weighted by Crippen LogP contribution is -2.18. The van der Waals surface area contributed by atoms with Crippen LogP contribution in [0.4, 0.5) is 0 Å². The molecule has 0 saturated carbocycles. The highest BCUT2D eigenvalue weighted by molar-refractivity contribution is 5.70. The van der Waals surface area contributed by atoms with Crippen LogP contribution in [0.3, 0.4) is 0 Å². The van der Waals surface area contributed by atoms with Gasteiger partial charge in [0, 0.05) is 12.0 Å². The standard InChI is InChI=1S/C17H20O2/c1-13(18)12-14(2)19-17-11-7-6-10-16(17)15-8-4-3-5-9-15/h3-11,13-14,18H,12H2,1-2H3. The molecule has 2 rings (SSSR count). The highest BCUT2D eigenvalue weighted by Crippen LogP contribution is 2.30. The second-order valence-corrected chi connectivity index (χ2v) is 4.88. The topological polar surface area (TPSA) is 29.5 Å². The molecule has 0 radical (unpaired) electrons. The van der Waals surface area contributed by atoms with E-state index in [4.69, 9.17) is 4.74 Å². The van der Waals surface area contributed by atoms with E-state index in [1.165, 1.54) is 0 Å². The Labute approximate surface area is 114 Å². The molecule has 19 heavy (non-hydrogen) atoms. The molecule has 0 aromatic heterocycles. The first kappa shape index (κ1) is 13.6. The summed E-state index contributed by atoms with van der Waals surface area (Å²) in [6.07, 6.45) is 0.270. The molecule has 0 bridgehead atoms. The van der Waals surface area contributed by atoms with Gasteiger partial charge in [-0.2, -0.15) is 0 Å². The van der Waals surface area contributed by atoms with Gasteiger partial charge in [-0.1, -0.05) is 48.5 Å². The van der Waals surface area contributed by atoms with Crippen molar-refractivity contribution in [2.45, 2.75) is 32.5 Å². The van der Waals surface area contributed by atoms with Crippen LogP contribution in [0.15, 0.2) is 54.6 Å². The quantitative estimate of drug-likeness (QED) is 0.879. The summed E-state index contributed by atoms with van der Waals surface area (Å²) in [4.78, 5) is 0. The van der Waals surface area contributed by atoms with Crippen LogP contribution in [-0.2, 0) is 0 Å². The van der Waals surface area contributed by atoms with Crippen molar-refractivity contribution in [3.8, 4) is 16.9 Å². The summed E-state index contributed by atoms with van der Waals surface area (Å²) in [7, 11) is 0. The van der Waals surface area contributed by atoms with Crippen LogP contribution >= 0.6 is 0 Å². The average Bonchev–Trinajstić information content (AvgIpc) is 2.39. The third kappa shape index (κ3) is 3.83. The summed E-state index contributed by atoms with van der Waals surface area (Å²) in [5.74, 6) is 0.863. The number of hydrogen-bond donors (Lipinski definition) is 1. The third-order valence-electron chi connectivity index (χ3n) is 2.97. The van der Waals surface area contributed by atoms with Gasteiger partial charge in [-0.15, -0.1) is 0 Å². The van der Waals surface area contributed by atoms with Crippen LogP contribution < -0.4 is 4.74 Å². The molecular weight excluding hydrogens is 236 g/mol. The zero-order chi connectivity index (χ0) is 13.7. The van der Waals surface area contributed by atoms with Crippen molar-refractivity contribution in [2.75, 3.05) is 0 Å². The summed E-state index contributed by atoms with van der Waals surface area (Å²) < 4.78 is 5.95. The van der Waals surface area contributed by atoms with E-state index in [9.17, 15) is 5.11 Å². The maximum absolute atomic E-state index is 9.41. The Bertz CT molecular complexity index is 506. The second kappa shape index (κ2) is 6.39. The molecule has 0 fully saturated rings. The zero-order valence-electron chi connectivity index (χ0n) is 11.4. The first-order chi connectivity index (χ1) is 9.16. The van der Waals surface area contributed by atoms with Gasteiger partial charge in [-0.3, -0.25) is 0 Å². The van der Waals surface area contributed by atoms with Crippen molar-refractivity contribution in [2.24, 2.45) is 0 Å². The molecule has 0 heterocycles. The Morgan fingerprint density at radius 3 is 2.26 bits per heavy atom. The maximum Gasteiger partial charge on any atom is 0.127 e. The fraction of sp³-hybridized carbons (Fsp3) is 0.294. The first-order valence-corrected chi connectivity index (χ1v) is 6.66. The van der Waals surface area contributed by atoms with E-state index < -0.39 is 0 Å². The Morgan fingerprint density at radius 2 is 1.58 bits per heavy atom. The molecule has 1 N–H and O–H groups in total. The molecule has 0 aliphatic carbocycles. The van der Waals surface area contributed by atoms with E-state index in [1.807, 2.05) is 43.3 Å². The monoisotopic (exact) mass is 256 g/mol.